The van der Waals surface area contributed by atoms with E-state index in [1.165, 1.54) is 24.1 Å². The zero-order valence-electron chi connectivity index (χ0n) is 12.4. The van der Waals surface area contributed by atoms with E-state index in [0.717, 1.165) is 23.5 Å². The van der Waals surface area contributed by atoms with Crippen LogP contribution in [0, 0.1) is 19.8 Å². The van der Waals surface area contributed by atoms with E-state index in [1.54, 1.807) is 11.3 Å². The lowest BCUT2D eigenvalue weighted by Gasteiger charge is -2.30. The van der Waals surface area contributed by atoms with Crippen LogP contribution in [-0.2, 0) is 4.79 Å². The molecule has 0 radical (unpaired) electrons. The molecule has 0 N–H and O–H groups in total. The monoisotopic (exact) mass is 280 g/mol. The molecule has 1 aromatic rings. The molecule has 1 atom stereocenters. The maximum Gasteiger partial charge on any atom is 0.225 e. The Morgan fingerprint density at radius 1 is 1.32 bits per heavy atom. The molecule has 3 nitrogen and oxygen atoms in total. The third kappa shape index (κ3) is 3.16. The fourth-order valence-electron chi connectivity index (χ4n) is 2.94. The van der Waals surface area contributed by atoms with E-state index in [4.69, 9.17) is 0 Å². The Balaban J connectivity index is 2.07. The van der Waals surface area contributed by atoms with E-state index in [-0.39, 0.29) is 12.0 Å². The largest absolute Gasteiger partial charge is 0.338 e. The van der Waals surface area contributed by atoms with Crippen LogP contribution < -0.4 is 0 Å². The first-order valence-electron chi connectivity index (χ1n) is 7.21. The maximum absolute atomic E-state index is 12.5. The van der Waals surface area contributed by atoms with E-state index in [1.807, 2.05) is 25.8 Å². The van der Waals surface area contributed by atoms with Crippen LogP contribution in [0.2, 0.25) is 0 Å². The van der Waals surface area contributed by atoms with E-state index in [2.05, 4.69) is 11.9 Å². The number of aryl methyl sites for hydroxylation is 2. The van der Waals surface area contributed by atoms with Gasteiger partial charge in [0.25, 0.3) is 0 Å². The average Bonchev–Trinajstić information content (AvgIpc) is 2.76. The van der Waals surface area contributed by atoms with Gasteiger partial charge in [-0.1, -0.05) is 19.3 Å². The summed E-state index contributed by atoms with van der Waals surface area (Å²) < 4.78 is 0. The summed E-state index contributed by atoms with van der Waals surface area (Å²) in [6, 6.07) is 0.139. The van der Waals surface area contributed by atoms with E-state index in [0.29, 0.717) is 5.91 Å². The van der Waals surface area contributed by atoms with Crippen molar-refractivity contribution < 1.29 is 4.79 Å². The molecular formula is C15H24N2OS. The van der Waals surface area contributed by atoms with Crippen molar-refractivity contribution in [2.24, 2.45) is 5.92 Å². The number of rotatable bonds is 3. The highest BCUT2D eigenvalue weighted by Crippen LogP contribution is 2.31. The SMILES string of the molecule is Cc1nc(C)c(C(C)N(C)C(=O)C2CCCCC2)s1. The first-order chi connectivity index (χ1) is 9.00. The molecule has 1 fully saturated rings. The molecule has 0 spiro atoms. The van der Waals surface area contributed by atoms with Crippen molar-refractivity contribution in [2.45, 2.75) is 58.9 Å². The average molecular weight is 280 g/mol. The van der Waals surface area contributed by atoms with Gasteiger partial charge in [-0.3, -0.25) is 4.79 Å². The molecule has 1 heterocycles. The number of carbonyl (C=O) groups excluding carboxylic acids is 1. The third-order valence-electron chi connectivity index (χ3n) is 4.20. The number of aromatic nitrogens is 1. The Labute approximate surface area is 120 Å². The molecule has 1 unspecified atom stereocenters. The predicted octanol–water partition coefficient (Wildman–Crippen LogP) is 3.86. The van der Waals surface area contributed by atoms with Crippen molar-refractivity contribution >= 4 is 17.2 Å². The molecule has 0 aliphatic heterocycles. The van der Waals surface area contributed by atoms with E-state index < -0.39 is 0 Å². The minimum absolute atomic E-state index is 0.139. The van der Waals surface area contributed by atoms with Gasteiger partial charge >= 0.3 is 0 Å². The Morgan fingerprint density at radius 2 is 1.95 bits per heavy atom. The molecule has 4 heteroatoms. The smallest absolute Gasteiger partial charge is 0.225 e. The number of nitrogens with zero attached hydrogens (tertiary/aromatic N) is 2. The first kappa shape index (κ1) is 14.5. The van der Waals surface area contributed by atoms with Crippen molar-refractivity contribution in [2.75, 3.05) is 7.05 Å². The van der Waals surface area contributed by atoms with Gasteiger partial charge in [0.1, 0.15) is 0 Å². The number of amides is 1. The van der Waals surface area contributed by atoms with Crippen LogP contribution in [0.1, 0.15) is 60.6 Å². The lowest BCUT2D eigenvalue weighted by atomic mass is 9.88. The zero-order valence-corrected chi connectivity index (χ0v) is 13.2. The molecule has 0 bridgehead atoms. The van der Waals surface area contributed by atoms with Gasteiger partial charge < -0.3 is 4.90 Å². The van der Waals surface area contributed by atoms with Gasteiger partial charge in [0.05, 0.1) is 16.7 Å². The van der Waals surface area contributed by atoms with Gasteiger partial charge in [-0.15, -0.1) is 11.3 Å². The lowest BCUT2D eigenvalue weighted by Crippen LogP contribution is -2.35. The fraction of sp³-hybridized carbons (Fsp3) is 0.733. The predicted molar refractivity (Wildman–Crippen MR) is 79.3 cm³/mol. The van der Waals surface area contributed by atoms with Crippen LogP contribution in [0.5, 0.6) is 0 Å². The van der Waals surface area contributed by atoms with Crippen LogP contribution in [0.3, 0.4) is 0 Å². The number of hydrogen-bond donors (Lipinski definition) is 0. The summed E-state index contributed by atoms with van der Waals surface area (Å²) in [4.78, 5) is 20.2. The van der Waals surface area contributed by atoms with E-state index in [9.17, 15) is 4.79 Å². The Bertz CT molecular complexity index is 449. The van der Waals surface area contributed by atoms with Crippen molar-refractivity contribution in [1.82, 2.24) is 9.88 Å². The normalized spacial score (nSPS) is 18.3. The minimum atomic E-state index is 0.139. The van der Waals surface area contributed by atoms with Crippen molar-refractivity contribution in [3.05, 3.63) is 15.6 Å². The highest BCUT2D eigenvalue weighted by molar-refractivity contribution is 7.11. The summed E-state index contributed by atoms with van der Waals surface area (Å²) in [7, 11) is 1.94. The number of carbonyl (C=O) groups is 1. The summed E-state index contributed by atoms with van der Waals surface area (Å²) >= 11 is 1.71. The molecule has 19 heavy (non-hydrogen) atoms. The van der Waals surface area contributed by atoms with E-state index >= 15 is 0 Å². The lowest BCUT2D eigenvalue weighted by molar-refractivity contribution is -0.137. The van der Waals surface area contributed by atoms with Crippen LogP contribution in [0.4, 0.5) is 0 Å². The van der Waals surface area contributed by atoms with Crippen molar-refractivity contribution in [3.63, 3.8) is 0 Å². The molecule has 2 rings (SSSR count). The highest BCUT2D eigenvalue weighted by Gasteiger charge is 2.28. The molecule has 1 aromatic heterocycles. The van der Waals surface area contributed by atoms with Crippen LogP contribution in [-0.4, -0.2) is 22.8 Å². The number of thiazole rings is 1. The zero-order chi connectivity index (χ0) is 14.0. The summed E-state index contributed by atoms with van der Waals surface area (Å²) in [6.45, 7) is 6.17. The van der Waals surface area contributed by atoms with Gasteiger partial charge in [0.15, 0.2) is 0 Å². The maximum atomic E-state index is 12.5. The summed E-state index contributed by atoms with van der Waals surface area (Å²) in [6.07, 6.45) is 5.83. The second-order valence-electron chi connectivity index (χ2n) is 5.64. The molecule has 1 aliphatic carbocycles. The second-order valence-corrected chi connectivity index (χ2v) is 6.88. The van der Waals surface area contributed by atoms with Crippen molar-refractivity contribution in [1.29, 1.82) is 0 Å². The van der Waals surface area contributed by atoms with Gasteiger partial charge in [-0.2, -0.15) is 0 Å². The minimum Gasteiger partial charge on any atom is -0.338 e. The topological polar surface area (TPSA) is 33.2 Å². The first-order valence-corrected chi connectivity index (χ1v) is 8.03. The molecule has 0 aromatic carbocycles. The van der Waals surface area contributed by atoms with Gasteiger partial charge in [0.2, 0.25) is 5.91 Å². The summed E-state index contributed by atoms with van der Waals surface area (Å²) in [5, 5.41) is 1.08. The molecule has 1 amide bonds. The van der Waals surface area contributed by atoms with Gasteiger partial charge in [-0.05, 0) is 33.6 Å². The second kappa shape index (κ2) is 6.04. The van der Waals surface area contributed by atoms with Crippen LogP contribution in [0.15, 0.2) is 0 Å². The fourth-order valence-corrected chi connectivity index (χ4v) is 3.96. The summed E-state index contributed by atoms with van der Waals surface area (Å²) in [5.41, 5.74) is 1.07. The Hall–Kier alpha value is -0.900. The van der Waals surface area contributed by atoms with Crippen molar-refractivity contribution in [3.8, 4) is 0 Å². The molecular weight excluding hydrogens is 256 g/mol. The number of hydrogen-bond acceptors (Lipinski definition) is 3. The van der Waals surface area contributed by atoms with Crippen LogP contribution in [0.25, 0.3) is 0 Å². The Kier molecular flexibility index (Phi) is 4.61. The van der Waals surface area contributed by atoms with Gasteiger partial charge in [-0.25, -0.2) is 4.98 Å². The van der Waals surface area contributed by atoms with Crippen LogP contribution >= 0.6 is 11.3 Å². The standard InChI is InChI=1S/C15H24N2OS/c1-10-14(19-12(3)16-10)11(2)17(4)15(18)13-8-6-5-7-9-13/h11,13H,5-9H2,1-4H3. The molecule has 1 saturated carbocycles. The molecule has 0 saturated heterocycles. The highest BCUT2D eigenvalue weighted by atomic mass is 32.1. The summed E-state index contributed by atoms with van der Waals surface area (Å²) in [5.74, 6) is 0.563. The molecule has 1 aliphatic rings. The van der Waals surface area contributed by atoms with Gasteiger partial charge in [0, 0.05) is 17.8 Å². The molecule has 106 valence electrons. The quantitative estimate of drug-likeness (QED) is 0.842. The Morgan fingerprint density at radius 3 is 2.47 bits per heavy atom. The third-order valence-corrected chi connectivity index (χ3v) is 5.44.